The molecule has 2 rings (SSSR count). The Morgan fingerprint density at radius 1 is 1.13 bits per heavy atom. The minimum atomic E-state index is 0.693. The zero-order valence-electron chi connectivity index (χ0n) is 8.44. The van der Waals surface area contributed by atoms with Crippen molar-refractivity contribution in [2.45, 2.75) is 6.92 Å². The largest absolute Gasteiger partial charge is 0.397 e. The van der Waals surface area contributed by atoms with Gasteiger partial charge >= 0.3 is 0 Å². The summed E-state index contributed by atoms with van der Waals surface area (Å²) in [7, 11) is 0. The first-order valence-electron chi connectivity index (χ1n) is 4.66. The van der Waals surface area contributed by atoms with E-state index in [1.54, 1.807) is 12.4 Å². The lowest BCUT2D eigenvalue weighted by Crippen LogP contribution is -1.98. The summed E-state index contributed by atoms with van der Waals surface area (Å²) in [5.74, 6) is 0.693. The zero-order chi connectivity index (χ0) is 10.7. The number of nitrogens with two attached hydrogens (primary N) is 1. The molecule has 1 heterocycles. The molecule has 15 heavy (non-hydrogen) atoms. The van der Waals surface area contributed by atoms with E-state index >= 15 is 0 Å². The van der Waals surface area contributed by atoms with Gasteiger partial charge in [0, 0.05) is 0 Å². The van der Waals surface area contributed by atoms with E-state index in [1.807, 2.05) is 31.2 Å². The molecule has 0 spiro atoms. The van der Waals surface area contributed by atoms with Crippen LogP contribution in [0, 0.1) is 6.92 Å². The van der Waals surface area contributed by atoms with Crippen molar-refractivity contribution in [1.29, 1.82) is 0 Å². The summed E-state index contributed by atoms with van der Waals surface area (Å²) in [5.41, 5.74) is 8.22. The summed E-state index contributed by atoms with van der Waals surface area (Å²) in [5, 5.41) is 3.10. The van der Waals surface area contributed by atoms with Gasteiger partial charge in [0.15, 0.2) is 0 Å². The number of hydrogen-bond donors (Lipinski definition) is 2. The van der Waals surface area contributed by atoms with Gasteiger partial charge in [-0.3, -0.25) is 4.98 Å². The highest BCUT2D eigenvalue weighted by molar-refractivity contribution is 5.70. The maximum Gasteiger partial charge on any atom is 0.148 e. The van der Waals surface area contributed by atoms with Crippen LogP contribution in [-0.4, -0.2) is 9.97 Å². The average Bonchev–Trinajstić information content (AvgIpc) is 2.25. The Balaban J connectivity index is 2.22. The Kier molecular flexibility index (Phi) is 2.49. The van der Waals surface area contributed by atoms with E-state index in [1.165, 1.54) is 0 Å². The molecule has 0 bridgehead atoms. The summed E-state index contributed by atoms with van der Waals surface area (Å²) in [4.78, 5) is 8.32. The summed E-state index contributed by atoms with van der Waals surface area (Å²) in [6, 6.07) is 7.54. The lowest BCUT2D eigenvalue weighted by atomic mass is 10.3. The Labute approximate surface area is 88.2 Å². The summed E-state index contributed by atoms with van der Waals surface area (Å²) in [6.45, 7) is 1.90. The van der Waals surface area contributed by atoms with Crippen LogP contribution in [0.4, 0.5) is 17.2 Å². The van der Waals surface area contributed by atoms with E-state index in [4.69, 9.17) is 5.73 Å². The monoisotopic (exact) mass is 200 g/mol. The molecule has 0 aliphatic rings. The standard InChI is InChI=1S/C11H12N4/c1-8-6-14-11(7-13-8)15-10-5-3-2-4-9(10)12/h2-7H,12H2,1H3,(H,14,15). The molecule has 0 saturated carbocycles. The van der Waals surface area contributed by atoms with Crippen molar-refractivity contribution < 1.29 is 0 Å². The van der Waals surface area contributed by atoms with Gasteiger partial charge in [-0.1, -0.05) is 12.1 Å². The number of benzene rings is 1. The first-order valence-corrected chi connectivity index (χ1v) is 4.66. The number of anilines is 3. The van der Waals surface area contributed by atoms with Crippen LogP contribution < -0.4 is 11.1 Å². The smallest absolute Gasteiger partial charge is 0.148 e. The lowest BCUT2D eigenvalue weighted by Gasteiger charge is -2.07. The van der Waals surface area contributed by atoms with Gasteiger partial charge in [0.1, 0.15) is 5.82 Å². The van der Waals surface area contributed by atoms with Gasteiger partial charge in [0.25, 0.3) is 0 Å². The van der Waals surface area contributed by atoms with Gasteiger partial charge in [-0.05, 0) is 19.1 Å². The number of aryl methyl sites for hydroxylation is 1. The second-order valence-corrected chi connectivity index (χ2v) is 3.26. The van der Waals surface area contributed by atoms with Crippen LogP contribution in [0.1, 0.15) is 5.69 Å². The molecule has 0 fully saturated rings. The van der Waals surface area contributed by atoms with E-state index in [2.05, 4.69) is 15.3 Å². The van der Waals surface area contributed by atoms with E-state index in [0.717, 1.165) is 11.4 Å². The number of rotatable bonds is 2. The summed E-state index contributed by atoms with van der Waals surface area (Å²) < 4.78 is 0. The second-order valence-electron chi connectivity index (χ2n) is 3.26. The Morgan fingerprint density at radius 2 is 1.93 bits per heavy atom. The van der Waals surface area contributed by atoms with Crippen molar-refractivity contribution in [2.75, 3.05) is 11.1 Å². The van der Waals surface area contributed by atoms with Crippen molar-refractivity contribution in [3.63, 3.8) is 0 Å². The molecule has 1 aromatic carbocycles. The predicted molar refractivity (Wildman–Crippen MR) is 60.9 cm³/mol. The highest BCUT2D eigenvalue weighted by Crippen LogP contribution is 2.20. The van der Waals surface area contributed by atoms with Gasteiger partial charge in [-0.15, -0.1) is 0 Å². The molecule has 4 nitrogen and oxygen atoms in total. The van der Waals surface area contributed by atoms with Crippen LogP contribution in [-0.2, 0) is 0 Å². The molecule has 76 valence electrons. The van der Waals surface area contributed by atoms with Gasteiger partial charge in [0.2, 0.25) is 0 Å². The van der Waals surface area contributed by atoms with Crippen molar-refractivity contribution in [3.8, 4) is 0 Å². The van der Waals surface area contributed by atoms with Crippen LogP contribution in [0.15, 0.2) is 36.7 Å². The zero-order valence-corrected chi connectivity index (χ0v) is 8.44. The third-order valence-corrected chi connectivity index (χ3v) is 2.00. The minimum Gasteiger partial charge on any atom is -0.397 e. The molecule has 1 aromatic heterocycles. The predicted octanol–water partition coefficient (Wildman–Crippen LogP) is 2.11. The molecule has 0 unspecified atom stereocenters. The quantitative estimate of drug-likeness (QED) is 0.729. The third-order valence-electron chi connectivity index (χ3n) is 2.00. The highest BCUT2D eigenvalue weighted by atomic mass is 15.0. The van der Waals surface area contributed by atoms with Gasteiger partial charge in [-0.25, -0.2) is 4.98 Å². The Bertz CT molecular complexity index is 450. The first-order chi connectivity index (χ1) is 7.25. The molecule has 3 N–H and O–H groups in total. The van der Waals surface area contributed by atoms with Crippen LogP contribution >= 0.6 is 0 Å². The molecule has 2 aromatic rings. The molecule has 0 atom stereocenters. The van der Waals surface area contributed by atoms with E-state index in [-0.39, 0.29) is 0 Å². The third kappa shape index (κ3) is 2.22. The topological polar surface area (TPSA) is 63.8 Å². The first kappa shape index (κ1) is 9.45. The minimum absolute atomic E-state index is 0.693. The number of para-hydroxylation sites is 2. The summed E-state index contributed by atoms with van der Waals surface area (Å²) in [6.07, 6.45) is 3.39. The lowest BCUT2D eigenvalue weighted by molar-refractivity contribution is 1.12. The van der Waals surface area contributed by atoms with Crippen molar-refractivity contribution >= 4 is 17.2 Å². The average molecular weight is 200 g/mol. The number of hydrogen-bond acceptors (Lipinski definition) is 4. The fraction of sp³-hybridized carbons (Fsp3) is 0.0909. The van der Waals surface area contributed by atoms with Crippen LogP contribution in [0.3, 0.4) is 0 Å². The maximum atomic E-state index is 5.79. The molecule has 0 saturated heterocycles. The highest BCUT2D eigenvalue weighted by Gasteiger charge is 1.98. The molecule has 0 aliphatic heterocycles. The van der Waals surface area contributed by atoms with Gasteiger partial charge < -0.3 is 11.1 Å². The van der Waals surface area contributed by atoms with E-state index in [9.17, 15) is 0 Å². The van der Waals surface area contributed by atoms with Crippen LogP contribution in [0.2, 0.25) is 0 Å². The Morgan fingerprint density at radius 3 is 2.60 bits per heavy atom. The van der Waals surface area contributed by atoms with E-state index in [0.29, 0.717) is 11.5 Å². The number of nitrogen functional groups attached to an aromatic ring is 1. The number of nitrogens with one attached hydrogen (secondary N) is 1. The molecule has 0 aliphatic carbocycles. The molecule has 0 radical (unpaired) electrons. The second kappa shape index (κ2) is 3.96. The molecule has 4 heteroatoms. The fourth-order valence-corrected chi connectivity index (χ4v) is 1.21. The van der Waals surface area contributed by atoms with Gasteiger partial charge in [-0.2, -0.15) is 0 Å². The number of nitrogens with zero attached hydrogens (tertiary/aromatic N) is 2. The normalized spacial score (nSPS) is 9.93. The molecular weight excluding hydrogens is 188 g/mol. The van der Waals surface area contributed by atoms with Crippen LogP contribution in [0.25, 0.3) is 0 Å². The molecular formula is C11H12N4. The van der Waals surface area contributed by atoms with Gasteiger partial charge in [0.05, 0.1) is 29.5 Å². The van der Waals surface area contributed by atoms with Crippen molar-refractivity contribution in [1.82, 2.24) is 9.97 Å². The van der Waals surface area contributed by atoms with E-state index < -0.39 is 0 Å². The fourth-order valence-electron chi connectivity index (χ4n) is 1.21. The van der Waals surface area contributed by atoms with Crippen molar-refractivity contribution in [2.24, 2.45) is 0 Å². The maximum absolute atomic E-state index is 5.79. The number of aromatic nitrogens is 2. The Hall–Kier alpha value is -2.10. The van der Waals surface area contributed by atoms with Crippen molar-refractivity contribution in [3.05, 3.63) is 42.4 Å². The summed E-state index contributed by atoms with van der Waals surface area (Å²) >= 11 is 0. The SMILES string of the molecule is Cc1cnc(Nc2ccccc2N)cn1. The van der Waals surface area contributed by atoms with Crippen LogP contribution in [0.5, 0.6) is 0 Å². The molecule has 0 amide bonds.